The van der Waals surface area contributed by atoms with Crippen molar-refractivity contribution in [3.05, 3.63) is 53.9 Å². The van der Waals surface area contributed by atoms with Gasteiger partial charge in [-0.25, -0.2) is 9.37 Å². The number of hydrogen-bond donors (Lipinski definition) is 1. The number of rotatable bonds is 3. The monoisotopic (exact) mass is 231 g/mol. The topological polar surface area (TPSA) is 31.9 Å². The van der Waals surface area contributed by atoms with Gasteiger partial charge in [0, 0.05) is 25.0 Å². The fraction of sp³-hybridized carbons (Fsp3) is 0.308. The van der Waals surface area contributed by atoms with Crippen LogP contribution in [-0.4, -0.2) is 21.4 Å². The van der Waals surface area contributed by atoms with Gasteiger partial charge in [0.15, 0.2) is 0 Å². The number of aromatic nitrogens is 2. The van der Waals surface area contributed by atoms with E-state index in [9.17, 15) is 4.39 Å². The first-order chi connectivity index (χ1) is 8.33. The van der Waals surface area contributed by atoms with Crippen molar-refractivity contribution in [1.82, 2.24) is 14.9 Å². The smallest absolute Gasteiger partial charge is 0.123 e. The average molecular weight is 231 g/mol. The zero-order valence-electron chi connectivity index (χ0n) is 9.44. The zero-order chi connectivity index (χ0) is 11.7. The molecule has 1 N–H and O–H groups in total. The molecular formula is C13H14FN3. The first kappa shape index (κ1) is 10.5. The van der Waals surface area contributed by atoms with Crippen molar-refractivity contribution in [3.63, 3.8) is 0 Å². The fourth-order valence-corrected chi connectivity index (χ4v) is 2.27. The Kier molecular flexibility index (Phi) is 2.65. The Morgan fingerprint density at radius 2 is 2.18 bits per heavy atom. The van der Waals surface area contributed by atoms with E-state index in [0.717, 1.165) is 25.3 Å². The summed E-state index contributed by atoms with van der Waals surface area (Å²) in [6.07, 6.45) is 4.73. The molecule has 0 bridgehead atoms. The number of aromatic amines is 1. The van der Waals surface area contributed by atoms with Gasteiger partial charge in [-0.2, -0.15) is 0 Å². The Labute approximate surface area is 99.3 Å². The van der Waals surface area contributed by atoms with E-state index in [1.165, 1.54) is 17.7 Å². The molecule has 0 unspecified atom stereocenters. The van der Waals surface area contributed by atoms with E-state index < -0.39 is 0 Å². The Balaban J connectivity index is 1.70. The molecule has 17 heavy (non-hydrogen) atoms. The molecule has 0 amide bonds. The summed E-state index contributed by atoms with van der Waals surface area (Å²) >= 11 is 0. The molecule has 1 atom stereocenters. The van der Waals surface area contributed by atoms with Gasteiger partial charge < -0.3 is 4.98 Å². The van der Waals surface area contributed by atoms with E-state index in [0.29, 0.717) is 6.04 Å². The second-order valence-corrected chi connectivity index (χ2v) is 4.36. The van der Waals surface area contributed by atoms with Crippen LogP contribution in [0.5, 0.6) is 0 Å². The minimum absolute atomic E-state index is 0.175. The normalized spacial score (nSPS) is 20.2. The molecule has 0 aliphatic carbocycles. The van der Waals surface area contributed by atoms with Crippen LogP contribution in [0.15, 0.2) is 36.7 Å². The maximum Gasteiger partial charge on any atom is 0.123 e. The minimum atomic E-state index is -0.175. The number of H-pyrrole nitrogens is 1. The van der Waals surface area contributed by atoms with Gasteiger partial charge in [0.2, 0.25) is 0 Å². The van der Waals surface area contributed by atoms with Crippen molar-refractivity contribution in [3.8, 4) is 0 Å². The Morgan fingerprint density at radius 1 is 1.35 bits per heavy atom. The first-order valence-electron chi connectivity index (χ1n) is 5.81. The first-order valence-corrected chi connectivity index (χ1v) is 5.81. The molecule has 1 aromatic carbocycles. The number of imidazole rings is 1. The van der Waals surface area contributed by atoms with Crippen LogP contribution >= 0.6 is 0 Å². The van der Waals surface area contributed by atoms with Crippen LogP contribution in [0.4, 0.5) is 4.39 Å². The van der Waals surface area contributed by atoms with Crippen molar-refractivity contribution in [2.45, 2.75) is 19.0 Å². The third-order valence-corrected chi connectivity index (χ3v) is 3.29. The van der Waals surface area contributed by atoms with E-state index in [-0.39, 0.29) is 5.82 Å². The third kappa shape index (κ3) is 2.08. The molecule has 1 fully saturated rings. The van der Waals surface area contributed by atoms with Gasteiger partial charge in [0.25, 0.3) is 0 Å². The molecule has 4 heteroatoms. The lowest BCUT2D eigenvalue weighted by atomic mass is 9.95. The lowest BCUT2D eigenvalue weighted by molar-refractivity contribution is 0.0790. The summed E-state index contributed by atoms with van der Waals surface area (Å²) in [5, 5.41) is 0. The quantitative estimate of drug-likeness (QED) is 0.880. The number of nitrogens with one attached hydrogen (secondary N) is 1. The van der Waals surface area contributed by atoms with Crippen molar-refractivity contribution >= 4 is 0 Å². The van der Waals surface area contributed by atoms with Gasteiger partial charge in [-0.3, -0.25) is 4.90 Å². The highest BCUT2D eigenvalue weighted by Crippen LogP contribution is 2.33. The molecule has 1 aromatic heterocycles. The second kappa shape index (κ2) is 4.30. The van der Waals surface area contributed by atoms with Crippen LogP contribution in [0, 0.1) is 5.82 Å². The summed E-state index contributed by atoms with van der Waals surface area (Å²) in [5.74, 6) is 0.808. The average Bonchev–Trinajstić information content (AvgIpc) is 2.80. The molecule has 3 nitrogen and oxygen atoms in total. The molecule has 2 aromatic rings. The number of benzene rings is 1. The highest BCUT2D eigenvalue weighted by molar-refractivity contribution is 5.22. The SMILES string of the molecule is Fc1ccc([C@@H]2CCN2Cc2ncc[nH]2)cc1. The Morgan fingerprint density at radius 3 is 2.76 bits per heavy atom. The van der Waals surface area contributed by atoms with Crippen LogP contribution in [0.3, 0.4) is 0 Å². The summed E-state index contributed by atoms with van der Waals surface area (Å²) in [4.78, 5) is 9.67. The van der Waals surface area contributed by atoms with E-state index >= 15 is 0 Å². The lowest BCUT2D eigenvalue weighted by Crippen LogP contribution is -2.40. The van der Waals surface area contributed by atoms with Crippen LogP contribution in [0.1, 0.15) is 23.9 Å². The van der Waals surface area contributed by atoms with E-state index in [1.54, 1.807) is 6.20 Å². The summed E-state index contributed by atoms with van der Waals surface area (Å²) in [6.45, 7) is 1.90. The lowest BCUT2D eigenvalue weighted by Gasteiger charge is -2.40. The van der Waals surface area contributed by atoms with Gasteiger partial charge in [-0.1, -0.05) is 12.1 Å². The maximum atomic E-state index is 12.8. The van der Waals surface area contributed by atoms with E-state index in [2.05, 4.69) is 14.9 Å². The van der Waals surface area contributed by atoms with Crippen molar-refractivity contribution in [2.24, 2.45) is 0 Å². The maximum absolute atomic E-state index is 12.8. The van der Waals surface area contributed by atoms with Crippen molar-refractivity contribution in [1.29, 1.82) is 0 Å². The summed E-state index contributed by atoms with van der Waals surface area (Å²) in [7, 11) is 0. The summed E-state index contributed by atoms with van der Waals surface area (Å²) in [6, 6.07) is 7.20. The molecule has 1 aliphatic rings. The number of likely N-dealkylation sites (tertiary alicyclic amines) is 1. The van der Waals surface area contributed by atoms with E-state index in [4.69, 9.17) is 0 Å². The second-order valence-electron chi connectivity index (χ2n) is 4.36. The zero-order valence-corrected chi connectivity index (χ0v) is 9.44. The molecule has 88 valence electrons. The largest absolute Gasteiger partial charge is 0.348 e. The van der Waals surface area contributed by atoms with Crippen molar-refractivity contribution < 1.29 is 4.39 Å². The van der Waals surface area contributed by atoms with Crippen molar-refractivity contribution in [2.75, 3.05) is 6.54 Å². The summed E-state index contributed by atoms with van der Waals surface area (Å²) < 4.78 is 12.8. The molecule has 1 aliphatic heterocycles. The molecule has 2 heterocycles. The predicted molar refractivity (Wildman–Crippen MR) is 62.8 cm³/mol. The standard InChI is InChI=1S/C13H14FN3/c14-11-3-1-10(2-4-11)12-5-8-17(12)9-13-15-6-7-16-13/h1-4,6-7,12H,5,8-9H2,(H,15,16)/t12-/m0/s1. The molecule has 0 radical (unpaired) electrons. The van der Waals surface area contributed by atoms with E-state index in [1.807, 2.05) is 18.3 Å². The van der Waals surface area contributed by atoms with Gasteiger partial charge in [-0.15, -0.1) is 0 Å². The highest BCUT2D eigenvalue weighted by atomic mass is 19.1. The Hall–Kier alpha value is -1.68. The third-order valence-electron chi connectivity index (χ3n) is 3.29. The van der Waals surface area contributed by atoms with Gasteiger partial charge in [-0.05, 0) is 24.1 Å². The highest BCUT2D eigenvalue weighted by Gasteiger charge is 2.29. The number of hydrogen-bond acceptors (Lipinski definition) is 2. The molecular weight excluding hydrogens is 217 g/mol. The van der Waals surface area contributed by atoms with Crippen LogP contribution < -0.4 is 0 Å². The minimum Gasteiger partial charge on any atom is -0.348 e. The fourth-order valence-electron chi connectivity index (χ4n) is 2.27. The van der Waals surface area contributed by atoms with Crippen LogP contribution in [0.25, 0.3) is 0 Å². The van der Waals surface area contributed by atoms with Gasteiger partial charge in [0.1, 0.15) is 11.6 Å². The molecule has 3 rings (SSSR count). The number of nitrogens with zero attached hydrogens (tertiary/aromatic N) is 2. The van der Waals surface area contributed by atoms with Crippen LogP contribution in [0.2, 0.25) is 0 Å². The predicted octanol–water partition coefficient (Wildman–Crippen LogP) is 2.50. The summed E-state index contributed by atoms with van der Waals surface area (Å²) in [5.41, 5.74) is 1.18. The number of halogens is 1. The molecule has 0 saturated carbocycles. The van der Waals surface area contributed by atoms with Gasteiger partial charge in [0.05, 0.1) is 6.54 Å². The van der Waals surface area contributed by atoms with Crippen LogP contribution in [-0.2, 0) is 6.54 Å². The Bertz CT molecular complexity index is 478. The van der Waals surface area contributed by atoms with Gasteiger partial charge >= 0.3 is 0 Å². The molecule has 1 saturated heterocycles. The molecule has 0 spiro atoms.